The van der Waals surface area contributed by atoms with Gasteiger partial charge in [0.05, 0.1) is 22.7 Å². The van der Waals surface area contributed by atoms with Crippen molar-refractivity contribution >= 4 is 12.6 Å². The van der Waals surface area contributed by atoms with Crippen LogP contribution in [0.1, 0.15) is 62.3 Å². The topological polar surface area (TPSA) is 0 Å². The fourth-order valence-electron chi connectivity index (χ4n) is 5.73. The molecule has 1 heteroatoms. The van der Waals surface area contributed by atoms with Crippen LogP contribution >= 0.6 is 7.26 Å². The lowest BCUT2D eigenvalue weighted by molar-refractivity contribution is 0.629. The molecule has 0 radical (unpaired) electrons. The Morgan fingerprint density at radius 3 is 1.36 bits per heavy atom. The summed E-state index contributed by atoms with van der Waals surface area (Å²) in [5.74, 6) is 0. The SMILES string of the molecule is CC(C)(C)[P+](c1ccccc1-c1ccccc1)(C(C)(C)C)C(C)(C)C. The molecule has 0 heterocycles. The van der Waals surface area contributed by atoms with Gasteiger partial charge in [0, 0.05) is 5.56 Å². The van der Waals surface area contributed by atoms with E-state index in [-0.39, 0.29) is 15.5 Å². The summed E-state index contributed by atoms with van der Waals surface area (Å²) in [4.78, 5) is 0. The highest BCUT2D eigenvalue weighted by Crippen LogP contribution is 2.82. The van der Waals surface area contributed by atoms with Crippen LogP contribution in [0.15, 0.2) is 54.6 Å². The number of hydrogen-bond donors (Lipinski definition) is 0. The molecule has 0 fully saturated rings. The molecular formula is C24H36P+. The Kier molecular flexibility index (Phi) is 5.29. The van der Waals surface area contributed by atoms with E-state index in [9.17, 15) is 0 Å². The molecule has 0 aliphatic heterocycles. The molecule has 0 nitrogen and oxygen atoms in total. The highest BCUT2D eigenvalue weighted by Gasteiger charge is 2.66. The van der Waals surface area contributed by atoms with Gasteiger partial charge in [0.1, 0.15) is 5.30 Å². The first kappa shape index (κ1) is 20.2. The molecule has 2 rings (SSSR count). The average Bonchev–Trinajstić information content (AvgIpc) is 2.44. The molecule has 0 amide bonds. The third-order valence-corrected chi connectivity index (χ3v) is 12.5. The molecule has 0 aliphatic rings. The summed E-state index contributed by atoms with van der Waals surface area (Å²) in [6.45, 7) is 22.1. The maximum absolute atomic E-state index is 2.46. The van der Waals surface area contributed by atoms with Crippen molar-refractivity contribution in [1.29, 1.82) is 0 Å². The second kappa shape index (κ2) is 6.55. The minimum Gasteiger partial charge on any atom is -0.0622 e. The van der Waals surface area contributed by atoms with Crippen molar-refractivity contribution in [1.82, 2.24) is 0 Å². The van der Waals surface area contributed by atoms with Crippen LogP contribution in [-0.4, -0.2) is 15.5 Å². The Labute approximate surface area is 156 Å². The molecule has 0 atom stereocenters. The third-order valence-electron chi connectivity index (χ3n) is 5.37. The first-order valence-electron chi connectivity index (χ1n) is 9.38. The average molecular weight is 356 g/mol. The second-order valence-corrected chi connectivity index (χ2v) is 15.9. The van der Waals surface area contributed by atoms with Gasteiger partial charge in [-0.2, -0.15) is 0 Å². The summed E-state index contributed by atoms with van der Waals surface area (Å²) in [6, 6.07) is 20.1. The van der Waals surface area contributed by atoms with Gasteiger partial charge < -0.3 is 0 Å². The fraction of sp³-hybridized carbons (Fsp3) is 0.500. The molecule has 0 N–H and O–H groups in total. The zero-order chi connectivity index (χ0) is 19.1. The van der Waals surface area contributed by atoms with Crippen LogP contribution in [0.3, 0.4) is 0 Å². The molecule has 25 heavy (non-hydrogen) atoms. The van der Waals surface area contributed by atoms with E-state index in [1.807, 2.05) is 0 Å². The Balaban J connectivity index is 2.96. The molecule has 0 spiro atoms. The van der Waals surface area contributed by atoms with E-state index < -0.39 is 7.26 Å². The first-order valence-corrected chi connectivity index (χ1v) is 11.2. The summed E-state index contributed by atoms with van der Waals surface area (Å²) in [7, 11) is -1.60. The maximum Gasteiger partial charge on any atom is 0.103 e. The van der Waals surface area contributed by atoms with Crippen LogP contribution in [0.5, 0.6) is 0 Å². The fourth-order valence-corrected chi connectivity index (χ4v) is 14.8. The van der Waals surface area contributed by atoms with E-state index >= 15 is 0 Å². The van der Waals surface area contributed by atoms with Crippen molar-refractivity contribution in [2.24, 2.45) is 0 Å². The minimum atomic E-state index is -1.60. The molecule has 0 bridgehead atoms. The van der Waals surface area contributed by atoms with Gasteiger partial charge in [0.25, 0.3) is 0 Å². The van der Waals surface area contributed by atoms with Gasteiger partial charge in [-0.3, -0.25) is 0 Å². The van der Waals surface area contributed by atoms with Crippen LogP contribution in [0.4, 0.5) is 0 Å². The number of benzene rings is 2. The summed E-state index contributed by atoms with van der Waals surface area (Å²) < 4.78 is 0. The Morgan fingerprint density at radius 1 is 0.520 bits per heavy atom. The molecule has 2 aromatic carbocycles. The van der Waals surface area contributed by atoms with Crippen LogP contribution in [0.2, 0.25) is 0 Å². The monoisotopic (exact) mass is 355 g/mol. The van der Waals surface area contributed by atoms with Crippen LogP contribution < -0.4 is 5.30 Å². The maximum atomic E-state index is 2.46. The predicted molar refractivity (Wildman–Crippen MR) is 118 cm³/mol. The highest BCUT2D eigenvalue weighted by atomic mass is 31.2. The zero-order valence-corrected chi connectivity index (χ0v) is 18.5. The predicted octanol–water partition coefficient (Wildman–Crippen LogP) is 7.39. The Morgan fingerprint density at radius 2 is 0.920 bits per heavy atom. The third kappa shape index (κ3) is 3.31. The molecule has 0 aliphatic carbocycles. The van der Waals surface area contributed by atoms with E-state index in [2.05, 4.69) is 117 Å². The standard InChI is InChI=1S/C24H36P/c1-22(2,3)25(23(4,5)6,24(7,8)9)21-18-14-13-17-20(21)19-15-11-10-12-16-19/h10-18H,1-9H3/q+1. The van der Waals surface area contributed by atoms with Gasteiger partial charge in [-0.25, -0.2) is 0 Å². The molecule has 136 valence electrons. The molecule has 0 aromatic heterocycles. The summed E-state index contributed by atoms with van der Waals surface area (Å²) in [5.41, 5.74) is 2.75. The van der Waals surface area contributed by atoms with Crippen molar-refractivity contribution < 1.29 is 0 Å². The quantitative estimate of drug-likeness (QED) is 0.493. The van der Waals surface area contributed by atoms with E-state index in [0.717, 1.165) is 0 Å². The van der Waals surface area contributed by atoms with E-state index in [4.69, 9.17) is 0 Å². The van der Waals surface area contributed by atoms with E-state index in [1.54, 1.807) is 5.30 Å². The van der Waals surface area contributed by atoms with Gasteiger partial charge in [-0.05, 0) is 73.9 Å². The van der Waals surface area contributed by atoms with Crippen molar-refractivity contribution in [3.63, 3.8) is 0 Å². The van der Waals surface area contributed by atoms with Crippen molar-refractivity contribution in [2.75, 3.05) is 0 Å². The summed E-state index contributed by atoms with van der Waals surface area (Å²) in [5, 5.41) is 2.23. The van der Waals surface area contributed by atoms with Gasteiger partial charge in [0.2, 0.25) is 0 Å². The number of rotatable bonds is 2. The normalized spacial score (nSPS) is 13.8. The number of hydrogen-bond acceptors (Lipinski definition) is 0. The summed E-state index contributed by atoms with van der Waals surface area (Å²) in [6.07, 6.45) is 0. The first-order chi connectivity index (χ1) is 11.3. The molecular weight excluding hydrogens is 319 g/mol. The zero-order valence-electron chi connectivity index (χ0n) is 17.6. The van der Waals surface area contributed by atoms with Gasteiger partial charge >= 0.3 is 0 Å². The van der Waals surface area contributed by atoms with Crippen molar-refractivity contribution in [3.8, 4) is 11.1 Å². The highest BCUT2D eigenvalue weighted by molar-refractivity contribution is 7.87. The van der Waals surface area contributed by atoms with Crippen LogP contribution in [0.25, 0.3) is 11.1 Å². The van der Waals surface area contributed by atoms with Gasteiger partial charge in [-0.15, -0.1) is 0 Å². The second-order valence-electron chi connectivity index (χ2n) is 10.1. The lowest BCUT2D eigenvalue weighted by Crippen LogP contribution is -2.49. The Hall–Kier alpha value is -1.13. The summed E-state index contributed by atoms with van der Waals surface area (Å²) >= 11 is 0. The van der Waals surface area contributed by atoms with Gasteiger partial charge in [0.15, 0.2) is 0 Å². The lowest BCUT2D eigenvalue weighted by Gasteiger charge is -2.54. The molecule has 2 aromatic rings. The lowest BCUT2D eigenvalue weighted by atomic mass is 10.1. The van der Waals surface area contributed by atoms with Crippen LogP contribution in [0, 0.1) is 0 Å². The van der Waals surface area contributed by atoms with Crippen LogP contribution in [-0.2, 0) is 0 Å². The molecule has 0 unspecified atom stereocenters. The van der Waals surface area contributed by atoms with Crippen molar-refractivity contribution in [2.45, 2.75) is 77.8 Å². The van der Waals surface area contributed by atoms with Gasteiger partial charge in [-0.1, -0.05) is 48.5 Å². The molecule has 0 saturated heterocycles. The Bertz CT molecular complexity index is 670. The largest absolute Gasteiger partial charge is 0.103 e. The van der Waals surface area contributed by atoms with E-state index in [0.29, 0.717) is 0 Å². The minimum absolute atomic E-state index is 0.217. The van der Waals surface area contributed by atoms with E-state index in [1.165, 1.54) is 11.1 Å². The smallest absolute Gasteiger partial charge is 0.0622 e. The van der Waals surface area contributed by atoms with Crippen molar-refractivity contribution in [3.05, 3.63) is 54.6 Å². The molecule has 0 saturated carbocycles.